The molecule has 1 heterocycles. The van der Waals surface area contributed by atoms with Gasteiger partial charge in [-0.3, -0.25) is 9.59 Å². The van der Waals surface area contributed by atoms with Crippen molar-refractivity contribution in [2.45, 2.75) is 25.8 Å². The van der Waals surface area contributed by atoms with Crippen LogP contribution in [0.4, 0.5) is 0 Å². The number of hydrogen-bond acceptors (Lipinski definition) is 6. The molecule has 1 aromatic heterocycles. The first kappa shape index (κ1) is 18.8. The minimum atomic E-state index is -0.664. The molecule has 1 saturated carbocycles. The van der Waals surface area contributed by atoms with E-state index in [2.05, 4.69) is 15.8 Å². The second kappa shape index (κ2) is 8.11. The molecule has 0 bridgehead atoms. The molecule has 0 unspecified atom stereocenters. The van der Waals surface area contributed by atoms with Crippen LogP contribution >= 0.6 is 0 Å². The number of rotatable bonds is 8. The van der Waals surface area contributed by atoms with Crippen LogP contribution in [0.25, 0.3) is 11.3 Å². The average Bonchev–Trinajstić information content (AvgIpc) is 3.38. The number of methoxy groups -OCH3 is 2. The molecule has 1 aromatic carbocycles. The smallest absolute Gasteiger partial charge is 0.274 e. The lowest BCUT2D eigenvalue weighted by molar-refractivity contribution is -0.122. The first-order valence-corrected chi connectivity index (χ1v) is 8.79. The highest BCUT2D eigenvalue weighted by molar-refractivity contribution is 5.96. The normalized spacial score (nSPS) is 14.3. The molecule has 8 heteroatoms. The molecule has 0 aliphatic heterocycles. The number of nitrogens with one attached hydrogen (secondary N) is 2. The lowest BCUT2D eigenvalue weighted by Crippen LogP contribution is -2.45. The fourth-order valence-corrected chi connectivity index (χ4v) is 2.57. The zero-order valence-electron chi connectivity index (χ0n) is 15.6. The van der Waals surface area contributed by atoms with Crippen LogP contribution in [0.15, 0.2) is 28.8 Å². The van der Waals surface area contributed by atoms with E-state index in [9.17, 15) is 9.59 Å². The summed E-state index contributed by atoms with van der Waals surface area (Å²) in [6, 6.07) is 6.07. The van der Waals surface area contributed by atoms with Gasteiger partial charge in [-0.05, 0) is 43.9 Å². The highest BCUT2D eigenvalue weighted by Gasteiger charge is 2.24. The summed E-state index contributed by atoms with van der Waals surface area (Å²) in [7, 11) is 3.09. The Bertz CT molecular complexity index is 829. The summed E-state index contributed by atoms with van der Waals surface area (Å²) in [6.07, 6.45) is 2.30. The van der Waals surface area contributed by atoms with E-state index in [1.54, 1.807) is 32.2 Å². The number of benzene rings is 1. The topological polar surface area (TPSA) is 103 Å². The second-order valence-corrected chi connectivity index (χ2v) is 6.53. The zero-order valence-corrected chi connectivity index (χ0v) is 15.6. The van der Waals surface area contributed by atoms with Gasteiger partial charge in [-0.2, -0.15) is 0 Å². The summed E-state index contributed by atoms with van der Waals surface area (Å²) in [5.41, 5.74) is 0.690. The van der Waals surface area contributed by atoms with E-state index in [1.807, 2.05) is 0 Å². The maximum absolute atomic E-state index is 12.4. The lowest BCUT2D eigenvalue weighted by atomic mass is 10.1. The third kappa shape index (κ3) is 4.58. The van der Waals surface area contributed by atoms with E-state index in [1.165, 1.54) is 13.2 Å². The fraction of sp³-hybridized carbons (Fsp3) is 0.421. The molecule has 0 radical (unpaired) electrons. The zero-order chi connectivity index (χ0) is 19.4. The molecule has 8 nitrogen and oxygen atoms in total. The van der Waals surface area contributed by atoms with Crippen LogP contribution in [-0.2, 0) is 4.79 Å². The van der Waals surface area contributed by atoms with Crippen molar-refractivity contribution < 1.29 is 23.6 Å². The molecule has 0 spiro atoms. The molecular formula is C19H23N3O5. The maximum atomic E-state index is 12.4. The highest BCUT2D eigenvalue weighted by Crippen LogP contribution is 2.33. The summed E-state index contributed by atoms with van der Waals surface area (Å²) < 4.78 is 15.8. The Morgan fingerprint density at radius 3 is 2.70 bits per heavy atom. The van der Waals surface area contributed by atoms with Gasteiger partial charge in [-0.25, -0.2) is 0 Å². The molecule has 3 rings (SSSR count). The number of carbonyl (C=O) groups is 2. The molecule has 1 atom stereocenters. The van der Waals surface area contributed by atoms with Crippen molar-refractivity contribution in [3.8, 4) is 22.8 Å². The van der Waals surface area contributed by atoms with E-state index in [0.717, 1.165) is 12.8 Å². The van der Waals surface area contributed by atoms with E-state index >= 15 is 0 Å². The number of hydrogen-bond donors (Lipinski definition) is 2. The fourth-order valence-electron chi connectivity index (χ4n) is 2.57. The second-order valence-electron chi connectivity index (χ2n) is 6.53. The predicted octanol–water partition coefficient (Wildman–Crippen LogP) is 2.00. The van der Waals surface area contributed by atoms with Crippen LogP contribution < -0.4 is 20.1 Å². The van der Waals surface area contributed by atoms with Gasteiger partial charge >= 0.3 is 0 Å². The van der Waals surface area contributed by atoms with Gasteiger partial charge in [0, 0.05) is 12.6 Å². The Balaban J connectivity index is 1.67. The van der Waals surface area contributed by atoms with Gasteiger partial charge < -0.3 is 24.6 Å². The predicted molar refractivity (Wildman–Crippen MR) is 97.7 cm³/mol. The third-order valence-corrected chi connectivity index (χ3v) is 4.42. The SMILES string of the molecule is COc1ccc(OC)c(-c2cc(C(=O)N[C@@H](C)C(=O)NCC3CC3)no2)c1. The number of amides is 2. The van der Waals surface area contributed by atoms with E-state index in [4.69, 9.17) is 14.0 Å². The number of aromatic nitrogens is 1. The van der Waals surface area contributed by atoms with Crippen molar-refractivity contribution in [3.63, 3.8) is 0 Å². The van der Waals surface area contributed by atoms with Gasteiger partial charge in [0.1, 0.15) is 17.5 Å². The van der Waals surface area contributed by atoms with Crippen molar-refractivity contribution >= 4 is 11.8 Å². The number of ether oxygens (including phenoxy) is 2. The first-order valence-electron chi connectivity index (χ1n) is 8.79. The summed E-state index contributed by atoms with van der Waals surface area (Å²) in [6.45, 7) is 2.29. The molecule has 1 aliphatic rings. The summed E-state index contributed by atoms with van der Waals surface area (Å²) in [5, 5.41) is 9.26. The van der Waals surface area contributed by atoms with Crippen LogP contribution in [-0.4, -0.2) is 43.8 Å². The van der Waals surface area contributed by atoms with Crippen molar-refractivity contribution in [3.05, 3.63) is 30.0 Å². The number of carbonyl (C=O) groups excluding carboxylic acids is 2. The molecule has 144 valence electrons. The Morgan fingerprint density at radius 2 is 2.04 bits per heavy atom. The highest BCUT2D eigenvalue weighted by atomic mass is 16.5. The van der Waals surface area contributed by atoms with Crippen LogP contribution in [0.3, 0.4) is 0 Å². The average molecular weight is 373 g/mol. The Labute approximate surface area is 157 Å². The molecule has 0 saturated heterocycles. The Hall–Kier alpha value is -3.03. The van der Waals surface area contributed by atoms with Crippen molar-refractivity contribution in [2.24, 2.45) is 5.92 Å². The summed E-state index contributed by atoms with van der Waals surface area (Å²) in [5.74, 6) is 1.42. The largest absolute Gasteiger partial charge is 0.497 e. The molecule has 27 heavy (non-hydrogen) atoms. The van der Waals surface area contributed by atoms with Gasteiger partial charge in [0.05, 0.1) is 19.8 Å². The lowest BCUT2D eigenvalue weighted by Gasteiger charge is -2.12. The van der Waals surface area contributed by atoms with Gasteiger partial charge in [-0.1, -0.05) is 5.16 Å². The van der Waals surface area contributed by atoms with Crippen molar-refractivity contribution in [1.29, 1.82) is 0 Å². The molecule has 2 aromatic rings. The van der Waals surface area contributed by atoms with Gasteiger partial charge in [0.2, 0.25) is 5.91 Å². The maximum Gasteiger partial charge on any atom is 0.274 e. The molecule has 2 amide bonds. The van der Waals surface area contributed by atoms with E-state index < -0.39 is 11.9 Å². The number of nitrogens with zero attached hydrogens (tertiary/aromatic N) is 1. The Morgan fingerprint density at radius 1 is 1.26 bits per heavy atom. The van der Waals surface area contributed by atoms with Gasteiger partial charge in [0.25, 0.3) is 5.91 Å². The molecule has 2 N–H and O–H groups in total. The van der Waals surface area contributed by atoms with E-state index in [-0.39, 0.29) is 11.6 Å². The Kier molecular flexibility index (Phi) is 5.63. The van der Waals surface area contributed by atoms with Gasteiger partial charge in [-0.15, -0.1) is 0 Å². The van der Waals surface area contributed by atoms with Crippen molar-refractivity contribution in [2.75, 3.05) is 20.8 Å². The minimum Gasteiger partial charge on any atom is -0.497 e. The van der Waals surface area contributed by atoms with Crippen LogP contribution in [0.1, 0.15) is 30.3 Å². The summed E-state index contributed by atoms with van der Waals surface area (Å²) in [4.78, 5) is 24.4. The monoisotopic (exact) mass is 373 g/mol. The molecule has 1 aliphatic carbocycles. The first-order chi connectivity index (χ1) is 13.0. The van der Waals surface area contributed by atoms with Crippen LogP contribution in [0.5, 0.6) is 11.5 Å². The molecule has 1 fully saturated rings. The standard InChI is InChI=1S/C19H23N3O5/c1-11(18(23)20-10-12-4-5-12)21-19(24)15-9-17(27-22-15)14-8-13(25-2)6-7-16(14)26-3/h6-9,11-12H,4-5,10H2,1-3H3,(H,20,23)(H,21,24)/t11-/m0/s1. The molecular weight excluding hydrogens is 350 g/mol. The van der Waals surface area contributed by atoms with Gasteiger partial charge in [0.15, 0.2) is 11.5 Å². The van der Waals surface area contributed by atoms with E-state index in [0.29, 0.717) is 35.3 Å². The van der Waals surface area contributed by atoms with Crippen LogP contribution in [0.2, 0.25) is 0 Å². The third-order valence-electron chi connectivity index (χ3n) is 4.42. The quantitative estimate of drug-likeness (QED) is 0.734. The van der Waals surface area contributed by atoms with Crippen molar-refractivity contribution in [1.82, 2.24) is 15.8 Å². The minimum absolute atomic E-state index is 0.0803. The summed E-state index contributed by atoms with van der Waals surface area (Å²) >= 11 is 0. The van der Waals surface area contributed by atoms with Crippen LogP contribution in [0, 0.1) is 5.92 Å².